The molecule has 1 N–H and O–H groups in total. The number of nitrogens with one attached hydrogen (secondary N) is 1. The Labute approximate surface area is 131 Å². The largest absolute Gasteiger partial charge is 0.310 e. The van der Waals surface area contributed by atoms with E-state index >= 15 is 0 Å². The van der Waals surface area contributed by atoms with E-state index in [9.17, 15) is 0 Å². The number of hydrogen-bond donors (Lipinski definition) is 1. The Hall–Kier alpha value is -0.820. The van der Waals surface area contributed by atoms with E-state index in [-0.39, 0.29) is 0 Å². The fourth-order valence-corrected chi connectivity index (χ4v) is 3.77. The molecule has 1 aromatic rings. The number of aryl methyl sites for hydroxylation is 1. The summed E-state index contributed by atoms with van der Waals surface area (Å²) in [7, 11) is 0. The lowest BCUT2D eigenvalue weighted by molar-refractivity contribution is 0.315. The third-order valence-corrected chi connectivity index (χ3v) is 4.93. The van der Waals surface area contributed by atoms with Gasteiger partial charge >= 0.3 is 0 Å². The molecule has 0 spiro atoms. The first-order valence-corrected chi connectivity index (χ1v) is 9.15. The van der Waals surface area contributed by atoms with Gasteiger partial charge in [0, 0.05) is 6.04 Å². The van der Waals surface area contributed by atoms with Crippen molar-refractivity contribution in [2.24, 2.45) is 5.92 Å². The van der Waals surface area contributed by atoms with E-state index < -0.39 is 0 Å². The zero-order chi connectivity index (χ0) is 14.9. The molecule has 1 aromatic carbocycles. The van der Waals surface area contributed by atoms with Gasteiger partial charge in [-0.3, -0.25) is 0 Å². The van der Waals surface area contributed by atoms with E-state index in [2.05, 4.69) is 43.4 Å². The van der Waals surface area contributed by atoms with Gasteiger partial charge in [0.25, 0.3) is 0 Å². The summed E-state index contributed by atoms with van der Waals surface area (Å²) in [5.74, 6) is 0.985. The molecule has 1 unspecified atom stereocenters. The highest BCUT2D eigenvalue weighted by molar-refractivity contribution is 5.26. The van der Waals surface area contributed by atoms with E-state index in [1.807, 2.05) is 0 Å². The van der Waals surface area contributed by atoms with E-state index in [1.165, 1.54) is 68.9 Å². The molecule has 1 nitrogen and oxygen atoms in total. The molecular weight excluding hydrogens is 254 g/mol. The topological polar surface area (TPSA) is 12.0 Å². The van der Waals surface area contributed by atoms with Crippen LogP contribution in [0.1, 0.15) is 82.4 Å². The van der Waals surface area contributed by atoms with Crippen LogP contribution in [0.25, 0.3) is 0 Å². The Bertz CT molecular complexity index is 393. The molecule has 0 heterocycles. The third kappa shape index (κ3) is 5.47. The maximum absolute atomic E-state index is 3.71. The highest BCUT2D eigenvalue weighted by atomic mass is 14.9. The first kappa shape index (κ1) is 16.5. The van der Waals surface area contributed by atoms with Crippen LogP contribution in [0.2, 0.25) is 0 Å². The van der Waals surface area contributed by atoms with E-state index in [4.69, 9.17) is 0 Å². The summed E-state index contributed by atoms with van der Waals surface area (Å²) in [6.45, 7) is 5.55. The molecule has 0 amide bonds. The van der Waals surface area contributed by atoms with Crippen LogP contribution in [0, 0.1) is 5.92 Å². The lowest BCUT2D eigenvalue weighted by Crippen LogP contribution is -2.22. The minimum atomic E-state index is 0.550. The average molecular weight is 287 g/mol. The summed E-state index contributed by atoms with van der Waals surface area (Å²) in [5.41, 5.74) is 2.99. The van der Waals surface area contributed by atoms with E-state index in [1.54, 1.807) is 0 Å². The smallest absolute Gasteiger partial charge is 0.0320 e. The molecule has 1 heteroatoms. The molecule has 2 rings (SSSR count). The van der Waals surface area contributed by atoms with Gasteiger partial charge in [0.05, 0.1) is 0 Å². The molecule has 21 heavy (non-hydrogen) atoms. The second-order valence-corrected chi connectivity index (χ2v) is 6.69. The van der Waals surface area contributed by atoms with Crippen LogP contribution >= 0.6 is 0 Å². The summed E-state index contributed by atoms with van der Waals surface area (Å²) >= 11 is 0. The zero-order valence-corrected chi connectivity index (χ0v) is 14.0. The fourth-order valence-electron chi connectivity index (χ4n) is 3.77. The highest BCUT2D eigenvalue weighted by Gasteiger charge is 2.17. The van der Waals surface area contributed by atoms with Crippen LogP contribution in [-0.2, 0) is 6.42 Å². The van der Waals surface area contributed by atoms with Crippen molar-refractivity contribution in [3.63, 3.8) is 0 Å². The average Bonchev–Trinajstić information content (AvgIpc) is 2.53. The number of rotatable bonds is 8. The van der Waals surface area contributed by atoms with Gasteiger partial charge in [-0.25, -0.2) is 0 Å². The Kier molecular flexibility index (Phi) is 7.29. The molecule has 0 radical (unpaired) electrons. The van der Waals surface area contributed by atoms with Crippen molar-refractivity contribution in [1.82, 2.24) is 5.32 Å². The molecule has 0 aromatic heterocycles. The van der Waals surface area contributed by atoms with Crippen LogP contribution in [0.3, 0.4) is 0 Å². The first-order chi connectivity index (χ1) is 10.3. The lowest BCUT2D eigenvalue weighted by atomic mass is 9.84. The standard InChI is InChI=1S/C20H33N/c1-3-9-18-12-8-13-19(16-18)20(21-4-2)15-14-17-10-6-5-7-11-17/h8,12-13,16-17,20-21H,3-7,9-11,14-15H2,1-2H3. The summed E-state index contributed by atoms with van der Waals surface area (Å²) < 4.78 is 0. The quantitative estimate of drug-likeness (QED) is 0.651. The van der Waals surface area contributed by atoms with Gasteiger partial charge < -0.3 is 5.32 Å². The van der Waals surface area contributed by atoms with Gasteiger partial charge in [-0.1, -0.05) is 76.6 Å². The summed E-state index contributed by atoms with van der Waals surface area (Å²) in [5, 5.41) is 3.71. The second-order valence-electron chi connectivity index (χ2n) is 6.69. The lowest BCUT2D eigenvalue weighted by Gasteiger charge is -2.25. The van der Waals surface area contributed by atoms with Crippen LogP contribution in [0.4, 0.5) is 0 Å². The molecule has 118 valence electrons. The number of benzene rings is 1. The molecule has 1 aliphatic rings. The van der Waals surface area contributed by atoms with Crippen molar-refractivity contribution in [1.29, 1.82) is 0 Å². The van der Waals surface area contributed by atoms with Gasteiger partial charge in [0.2, 0.25) is 0 Å². The molecule has 1 atom stereocenters. The zero-order valence-electron chi connectivity index (χ0n) is 14.0. The minimum absolute atomic E-state index is 0.550. The summed E-state index contributed by atoms with van der Waals surface area (Å²) in [6.07, 6.45) is 12.5. The SMILES string of the molecule is CCCc1cccc(C(CCC2CCCCC2)NCC)c1. The molecule has 1 aliphatic carbocycles. The fraction of sp³-hybridized carbons (Fsp3) is 0.700. The van der Waals surface area contributed by atoms with Crippen molar-refractivity contribution in [3.8, 4) is 0 Å². The molecule has 1 fully saturated rings. The number of hydrogen-bond acceptors (Lipinski definition) is 1. The van der Waals surface area contributed by atoms with Crippen molar-refractivity contribution < 1.29 is 0 Å². The van der Waals surface area contributed by atoms with Crippen LogP contribution in [0.15, 0.2) is 24.3 Å². The Morgan fingerprint density at radius 3 is 2.67 bits per heavy atom. The first-order valence-electron chi connectivity index (χ1n) is 9.15. The van der Waals surface area contributed by atoms with Crippen LogP contribution in [0.5, 0.6) is 0 Å². The Morgan fingerprint density at radius 2 is 1.95 bits per heavy atom. The van der Waals surface area contributed by atoms with Crippen molar-refractivity contribution in [3.05, 3.63) is 35.4 Å². The minimum Gasteiger partial charge on any atom is -0.310 e. The van der Waals surface area contributed by atoms with Crippen molar-refractivity contribution >= 4 is 0 Å². The van der Waals surface area contributed by atoms with Crippen molar-refractivity contribution in [2.45, 2.75) is 77.7 Å². The predicted molar refractivity (Wildman–Crippen MR) is 92.7 cm³/mol. The van der Waals surface area contributed by atoms with Gasteiger partial charge in [0.15, 0.2) is 0 Å². The molecule has 0 saturated heterocycles. The van der Waals surface area contributed by atoms with E-state index in [0.29, 0.717) is 6.04 Å². The van der Waals surface area contributed by atoms with Gasteiger partial charge in [0.1, 0.15) is 0 Å². The predicted octanol–water partition coefficient (Wildman–Crippen LogP) is 5.65. The van der Waals surface area contributed by atoms with Gasteiger partial charge in [-0.05, 0) is 42.9 Å². The summed E-state index contributed by atoms with van der Waals surface area (Å²) in [4.78, 5) is 0. The normalized spacial score (nSPS) is 17.8. The van der Waals surface area contributed by atoms with Crippen LogP contribution in [-0.4, -0.2) is 6.54 Å². The van der Waals surface area contributed by atoms with Crippen molar-refractivity contribution in [2.75, 3.05) is 6.54 Å². The molecule has 0 aliphatic heterocycles. The third-order valence-electron chi connectivity index (χ3n) is 4.93. The Balaban J connectivity index is 1.94. The maximum Gasteiger partial charge on any atom is 0.0320 e. The monoisotopic (exact) mass is 287 g/mol. The molecular formula is C20H33N. The van der Waals surface area contributed by atoms with Gasteiger partial charge in [-0.15, -0.1) is 0 Å². The van der Waals surface area contributed by atoms with Crippen LogP contribution < -0.4 is 5.32 Å². The molecule has 1 saturated carbocycles. The molecule has 0 bridgehead atoms. The van der Waals surface area contributed by atoms with Gasteiger partial charge in [-0.2, -0.15) is 0 Å². The Morgan fingerprint density at radius 1 is 1.14 bits per heavy atom. The van der Waals surface area contributed by atoms with E-state index in [0.717, 1.165) is 12.5 Å². The highest BCUT2D eigenvalue weighted by Crippen LogP contribution is 2.30. The maximum atomic E-state index is 3.71. The second kappa shape index (κ2) is 9.25. The summed E-state index contributed by atoms with van der Waals surface area (Å²) in [6, 6.07) is 9.81.